The van der Waals surface area contributed by atoms with E-state index in [-0.39, 0.29) is 5.54 Å². The molecule has 7 heteroatoms. The highest BCUT2D eigenvalue weighted by Crippen LogP contribution is 2.46. The summed E-state index contributed by atoms with van der Waals surface area (Å²) in [6.07, 6.45) is 6.34. The maximum atomic E-state index is 12.2. The first-order chi connectivity index (χ1) is 15.2. The molecule has 0 spiro atoms. The topological polar surface area (TPSA) is 78.5 Å². The molecule has 0 radical (unpaired) electrons. The van der Waals surface area contributed by atoms with Gasteiger partial charge in [-0.15, -0.1) is 0 Å². The lowest BCUT2D eigenvalue weighted by molar-refractivity contribution is 0.0999. The largest absolute Gasteiger partial charge is 0.485 e. The normalized spacial score (nSPS) is 16.9. The van der Waals surface area contributed by atoms with Crippen molar-refractivity contribution in [2.24, 2.45) is 11.7 Å². The van der Waals surface area contributed by atoms with Gasteiger partial charge in [0.05, 0.1) is 16.2 Å². The molecule has 1 aromatic carbocycles. The molecule has 0 unspecified atom stereocenters. The molecule has 2 heterocycles. The Morgan fingerprint density at radius 2 is 1.84 bits per heavy atom. The molecule has 0 saturated heterocycles. The summed E-state index contributed by atoms with van der Waals surface area (Å²) in [7, 11) is 0. The van der Waals surface area contributed by atoms with Gasteiger partial charge in [0.2, 0.25) is 0 Å². The molecule has 174 valence electrons. The average molecular weight is 458 g/mol. The highest BCUT2D eigenvalue weighted by molar-refractivity contribution is 7.97. The molecule has 1 aliphatic heterocycles. The Morgan fingerprint density at radius 1 is 1.16 bits per heavy atom. The zero-order valence-electron chi connectivity index (χ0n) is 19.6. The van der Waals surface area contributed by atoms with Crippen LogP contribution in [-0.2, 0) is 6.54 Å². The van der Waals surface area contributed by atoms with Crippen LogP contribution in [0, 0.1) is 12.8 Å². The van der Waals surface area contributed by atoms with Gasteiger partial charge in [0, 0.05) is 23.3 Å². The van der Waals surface area contributed by atoms with Crippen molar-refractivity contribution in [3.05, 3.63) is 29.5 Å². The minimum absolute atomic E-state index is 0.0338. The third kappa shape index (κ3) is 4.94. The van der Waals surface area contributed by atoms with E-state index in [4.69, 9.17) is 15.2 Å². The fourth-order valence-electron chi connectivity index (χ4n) is 4.58. The maximum Gasteiger partial charge on any atom is 0.250 e. The van der Waals surface area contributed by atoms with Crippen molar-refractivity contribution in [2.75, 3.05) is 13.2 Å². The third-order valence-corrected chi connectivity index (χ3v) is 7.45. The van der Waals surface area contributed by atoms with E-state index in [0.29, 0.717) is 24.7 Å². The standard InChI is InChI=1S/C25H35N3O3S/c1-16-19(24(26)29)14-20(28(16)15-17-8-6-5-7-9-17)18-10-11-21(32-27-25(2,3)4)23-22(18)30-12-13-31-23/h10-11,14,17,27H,5-9,12-13,15H2,1-4H3,(H2,26,29). The first kappa shape index (κ1) is 23.1. The van der Waals surface area contributed by atoms with Crippen molar-refractivity contribution in [3.8, 4) is 22.8 Å². The summed E-state index contributed by atoms with van der Waals surface area (Å²) in [5, 5.41) is 0. The van der Waals surface area contributed by atoms with Crippen molar-refractivity contribution in [1.29, 1.82) is 0 Å². The highest BCUT2D eigenvalue weighted by Gasteiger charge is 2.27. The molecule has 1 saturated carbocycles. The van der Waals surface area contributed by atoms with E-state index in [1.165, 1.54) is 32.1 Å². The predicted molar refractivity (Wildman–Crippen MR) is 129 cm³/mol. The molecule has 1 aliphatic carbocycles. The van der Waals surface area contributed by atoms with Crippen molar-refractivity contribution in [3.63, 3.8) is 0 Å². The SMILES string of the molecule is Cc1c(C(N)=O)cc(-c2ccc(SNC(C)(C)C)c3c2OCCO3)n1CC1CCCCC1. The van der Waals surface area contributed by atoms with Gasteiger partial charge in [-0.3, -0.25) is 9.52 Å². The van der Waals surface area contributed by atoms with E-state index in [1.807, 2.05) is 13.0 Å². The second kappa shape index (κ2) is 9.40. The van der Waals surface area contributed by atoms with Crippen LogP contribution in [0.25, 0.3) is 11.3 Å². The Labute approximate surface area is 195 Å². The lowest BCUT2D eigenvalue weighted by Crippen LogP contribution is -2.30. The molecule has 0 bridgehead atoms. The molecule has 6 nitrogen and oxygen atoms in total. The number of rotatable bonds is 6. The van der Waals surface area contributed by atoms with Crippen LogP contribution in [0.5, 0.6) is 11.5 Å². The highest BCUT2D eigenvalue weighted by atomic mass is 32.2. The summed E-state index contributed by atoms with van der Waals surface area (Å²) < 4.78 is 17.9. The zero-order chi connectivity index (χ0) is 22.9. The maximum absolute atomic E-state index is 12.2. The summed E-state index contributed by atoms with van der Waals surface area (Å²) >= 11 is 1.56. The molecule has 2 aromatic rings. The van der Waals surface area contributed by atoms with Crippen LogP contribution in [0.1, 0.15) is 68.9 Å². The minimum Gasteiger partial charge on any atom is -0.485 e. The number of fused-ring (bicyclic) bond motifs is 1. The fraction of sp³-hybridized carbons (Fsp3) is 0.560. The quantitative estimate of drug-likeness (QED) is 0.575. The number of carbonyl (C=O) groups is 1. The molecular formula is C25H35N3O3S. The molecule has 32 heavy (non-hydrogen) atoms. The molecular weight excluding hydrogens is 422 g/mol. The number of benzene rings is 1. The number of amides is 1. The second-order valence-electron chi connectivity index (χ2n) is 9.93. The number of primary amides is 1. The Bertz CT molecular complexity index is 987. The van der Waals surface area contributed by atoms with E-state index < -0.39 is 5.91 Å². The summed E-state index contributed by atoms with van der Waals surface area (Å²) in [4.78, 5) is 13.2. The van der Waals surface area contributed by atoms with Crippen LogP contribution in [0.2, 0.25) is 0 Å². The number of aromatic nitrogens is 1. The fourth-order valence-corrected chi connectivity index (χ4v) is 5.38. The van der Waals surface area contributed by atoms with E-state index in [1.54, 1.807) is 11.9 Å². The van der Waals surface area contributed by atoms with Gasteiger partial charge in [0.1, 0.15) is 13.2 Å². The first-order valence-corrected chi connectivity index (χ1v) is 12.4. The first-order valence-electron chi connectivity index (χ1n) is 11.6. The number of nitrogens with one attached hydrogen (secondary N) is 1. The Balaban J connectivity index is 1.76. The van der Waals surface area contributed by atoms with Crippen LogP contribution >= 0.6 is 11.9 Å². The second-order valence-corrected chi connectivity index (χ2v) is 10.8. The van der Waals surface area contributed by atoms with Gasteiger partial charge in [-0.1, -0.05) is 19.3 Å². The number of ether oxygens (including phenoxy) is 2. The van der Waals surface area contributed by atoms with E-state index in [9.17, 15) is 4.79 Å². The van der Waals surface area contributed by atoms with Crippen molar-refractivity contribution in [2.45, 2.75) is 76.8 Å². The Morgan fingerprint density at radius 3 is 2.50 bits per heavy atom. The molecule has 4 rings (SSSR count). The van der Waals surface area contributed by atoms with Gasteiger partial charge in [-0.25, -0.2) is 0 Å². The number of hydrogen-bond acceptors (Lipinski definition) is 5. The monoisotopic (exact) mass is 457 g/mol. The van der Waals surface area contributed by atoms with Crippen LogP contribution in [0.4, 0.5) is 0 Å². The summed E-state index contributed by atoms with van der Waals surface area (Å²) in [5.41, 5.74) is 9.13. The summed E-state index contributed by atoms with van der Waals surface area (Å²) in [6.45, 7) is 10.3. The number of carbonyl (C=O) groups excluding carboxylic acids is 1. The summed E-state index contributed by atoms with van der Waals surface area (Å²) in [6, 6.07) is 6.08. The molecule has 2 aliphatic rings. The van der Waals surface area contributed by atoms with Gasteiger partial charge in [-0.2, -0.15) is 0 Å². The number of nitrogens with two attached hydrogens (primary N) is 1. The molecule has 1 aromatic heterocycles. The number of nitrogens with zero attached hydrogens (tertiary/aromatic N) is 1. The molecule has 3 N–H and O–H groups in total. The number of hydrogen-bond donors (Lipinski definition) is 2. The van der Waals surface area contributed by atoms with E-state index in [2.05, 4.69) is 42.2 Å². The smallest absolute Gasteiger partial charge is 0.250 e. The molecule has 0 atom stereocenters. The van der Waals surface area contributed by atoms with Gasteiger partial charge in [0.25, 0.3) is 5.91 Å². The summed E-state index contributed by atoms with van der Waals surface area (Å²) in [5.74, 6) is 1.74. The Kier molecular flexibility index (Phi) is 6.77. The van der Waals surface area contributed by atoms with Gasteiger partial charge in [0.15, 0.2) is 11.5 Å². The lowest BCUT2D eigenvalue weighted by atomic mass is 9.89. The van der Waals surface area contributed by atoms with E-state index in [0.717, 1.165) is 39.9 Å². The Hall–Kier alpha value is -2.12. The predicted octanol–water partition coefficient (Wildman–Crippen LogP) is 5.31. The zero-order valence-corrected chi connectivity index (χ0v) is 20.4. The molecule has 1 amide bonds. The van der Waals surface area contributed by atoms with Gasteiger partial charge in [-0.05, 0) is 76.6 Å². The van der Waals surface area contributed by atoms with Crippen molar-refractivity contribution in [1.82, 2.24) is 9.29 Å². The van der Waals surface area contributed by atoms with Crippen molar-refractivity contribution >= 4 is 17.9 Å². The van der Waals surface area contributed by atoms with Crippen LogP contribution < -0.4 is 19.9 Å². The van der Waals surface area contributed by atoms with Gasteiger partial charge >= 0.3 is 0 Å². The van der Waals surface area contributed by atoms with Gasteiger partial charge < -0.3 is 19.8 Å². The molecule has 1 fully saturated rings. The lowest BCUT2D eigenvalue weighted by Gasteiger charge is -2.27. The van der Waals surface area contributed by atoms with Crippen molar-refractivity contribution < 1.29 is 14.3 Å². The average Bonchev–Trinajstić information content (AvgIpc) is 3.08. The minimum atomic E-state index is -0.390. The van der Waals surface area contributed by atoms with Crippen LogP contribution in [0.3, 0.4) is 0 Å². The third-order valence-electron chi connectivity index (χ3n) is 6.19. The van der Waals surface area contributed by atoms with E-state index >= 15 is 0 Å². The van der Waals surface area contributed by atoms with Crippen LogP contribution in [0.15, 0.2) is 23.1 Å². The van der Waals surface area contributed by atoms with Crippen LogP contribution in [-0.4, -0.2) is 29.2 Å².